The van der Waals surface area contributed by atoms with Gasteiger partial charge in [0.1, 0.15) is 0 Å². The highest BCUT2D eigenvalue weighted by Gasteiger charge is 2.38. The van der Waals surface area contributed by atoms with Crippen molar-refractivity contribution in [2.75, 3.05) is 33.2 Å². The van der Waals surface area contributed by atoms with Crippen LogP contribution in [0.15, 0.2) is 12.3 Å². The molecule has 2 rings (SSSR count). The standard InChI is InChI=1S/C10H18N2/c1-3-12-7-5-10(9-12)4-6-11(2)8-10/h5,7H,3-4,6,8-9H2,1-2H3. The molecule has 0 aromatic carbocycles. The molecule has 1 unspecified atom stereocenters. The fraction of sp³-hybridized carbons (Fsp3) is 0.800. The molecule has 2 nitrogen and oxygen atoms in total. The van der Waals surface area contributed by atoms with Crippen molar-refractivity contribution in [3.63, 3.8) is 0 Å². The second kappa shape index (κ2) is 2.77. The number of hydrogen-bond donors (Lipinski definition) is 0. The molecule has 1 saturated heterocycles. The van der Waals surface area contributed by atoms with Gasteiger partial charge in [-0.15, -0.1) is 0 Å². The Morgan fingerprint density at radius 2 is 2.25 bits per heavy atom. The van der Waals surface area contributed by atoms with Crippen molar-refractivity contribution in [2.45, 2.75) is 13.3 Å². The summed E-state index contributed by atoms with van der Waals surface area (Å²) in [5.41, 5.74) is 0.505. The molecule has 0 bridgehead atoms. The molecule has 0 aliphatic carbocycles. The van der Waals surface area contributed by atoms with Gasteiger partial charge in [-0.3, -0.25) is 0 Å². The van der Waals surface area contributed by atoms with Gasteiger partial charge in [-0.05, 0) is 33.1 Å². The molecule has 0 N–H and O–H groups in total. The van der Waals surface area contributed by atoms with Crippen LogP contribution < -0.4 is 0 Å². The molecular weight excluding hydrogens is 148 g/mol. The third kappa shape index (κ3) is 1.24. The lowest BCUT2D eigenvalue weighted by molar-refractivity contribution is 0.283. The summed E-state index contributed by atoms with van der Waals surface area (Å²) in [7, 11) is 2.22. The van der Waals surface area contributed by atoms with E-state index < -0.39 is 0 Å². The molecule has 0 aromatic heterocycles. The van der Waals surface area contributed by atoms with Gasteiger partial charge < -0.3 is 9.80 Å². The molecule has 2 aliphatic rings. The molecule has 1 fully saturated rings. The van der Waals surface area contributed by atoms with Gasteiger partial charge >= 0.3 is 0 Å². The van der Waals surface area contributed by atoms with Gasteiger partial charge in [-0.25, -0.2) is 0 Å². The van der Waals surface area contributed by atoms with Gasteiger partial charge in [0, 0.05) is 25.0 Å². The van der Waals surface area contributed by atoms with E-state index in [9.17, 15) is 0 Å². The van der Waals surface area contributed by atoms with Crippen molar-refractivity contribution in [2.24, 2.45) is 5.41 Å². The number of hydrogen-bond acceptors (Lipinski definition) is 2. The van der Waals surface area contributed by atoms with Crippen LogP contribution in [0.2, 0.25) is 0 Å². The van der Waals surface area contributed by atoms with Gasteiger partial charge in [0.15, 0.2) is 0 Å². The summed E-state index contributed by atoms with van der Waals surface area (Å²) in [4.78, 5) is 4.85. The highest BCUT2D eigenvalue weighted by atomic mass is 15.2. The maximum absolute atomic E-state index is 2.43. The largest absolute Gasteiger partial charge is 0.377 e. The maximum Gasteiger partial charge on any atom is 0.0276 e. The average molecular weight is 166 g/mol. The zero-order chi connectivity index (χ0) is 8.60. The Kier molecular flexibility index (Phi) is 1.87. The Bertz CT molecular complexity index is 200. The first-order valence-corrected chi connectivity index (χ1v) is 4.86. The smallest absolute Gasteiger partial charge is 0.0276 e. The third-order valence-corrected chi connectivity index (χ3v) is 3.14. The van der Waals surface area contributed by atoms with E-state index in [1.54, 1.807) is 0 Å². The van der Waals surface area contributed by atoms with E-state index in [-0.39, 0.29) is 0 Å². The van der Waals surface area contributed by atoms with Crippen LogP contribution in [0.4, 0.5) is 0 Å². The van der Waals surface area contributed by atoms with Crippen LogP contribution in [-0.4, -0.2) is 43.0 Å². The molecular formula is C10H18N2. The summed E-state index contributed by atoms with van der Waals surface area (Å²) in [5, 5.41) is 0. The Morgan fingerprint density at radius 1 is 1.42 bits per heavy atom. The molecule has 1 atom stereocenters. The van der Waals surface area contributed by atoms with Crippen LogP contribution >= 0.6 is 0 Å². The molecule has 0 aromatic rings. The lowest BCUT2D eigenvalue weighted by Gasteiger charge is -2.24. The van der Waals surface area contributed by atoms with Gasteiger partial charge in [-0.2, -0.15) is 0 Å². The summed E-state index contributed by atoms with van der Waals surface area (Å²) in [6.07, 6.45) is 6.04. The fourth-order valence-corrected chi connectivity index (χ4v) is 2.36. The normalized spacial score (nSPS) is 35.7. The lowest BCUT2D eigenvalue weighted by Crippen LogP contribution is -2.30. The van der Waals surface area contributed by atoms with Crippen molar-refractivity contribution >= 4 is 0 Å². The minimum Gasteiger partial charge on any atom is -0.377 e. The first-order chi connectivity index (χ1) is 5.74. The van der Waals surface area contributed by atoms with E-state index in [4.69, 9.17) is 0 Å². The van der Waals surface area contributed by atoms with E-state index in [0.717, 1.165) is 6.54 Å². The summed E-state index contributed by atoms with van der Waals surface area (Å²) < 4.78 is 0. The van der Waals surface area contributed by atoms with Crippen molar-refractivity contribution in [1.82, 2.24) is 9.80 Å². The fourth-order valence-electron chi connectivity index (χ4n) is 2.36. The van der Waals surface area contributed by atoms with Gasteiger partial charge in [0.05, 0.1) is 0 Å². The van der Waals surface area contributed by atoms with Crippen LogP contribution in [0.5, 0.6) is 0 Å². The highest BCUT2D eigenvalue weighted by molar-refractivity contribution is 5.11. The second-order valence-corrected chi connectivity index (χ2v) is 4.23. The molecule has 68 valence electrons. The van der Waals surface area contributed by atoms with Crippen LogP contribution in [0, 0.1) is 5.41 Å². The number of likely N-dealkylation sites (tertiary alicyclic amines) is 1. The van der Waals surface area contributed by atoms with E-state index in [0.29, 0.717) is 5.41 Å². The third-order valence-electron chi connectivity index (χ3n) is 3.14. The summed E-state index contributed by atoms with van der Waals surface area (Å²) in [6.45, 7) is 7.14. The lowest BCUT2D eigenvalue weighted by atomic mass is 9.89. The molecule has 2 heterocycles. The SMILES string of the molecule is CCN1C=CC2(CCN(C)C2)C1. The quantitative estimate of drug-likeness (QED) is 0.576. The van der Waals surface area contributed by atoms with Crippen LogP contribution in [-0.2, 0) is 0 Å². The van der Waals surface area contributed by atoms with Crippen LogP contribution in [0.25, 0.3) is 0 Å². The Morgan fingerprint density at radius 3 is 2.75 bits per heavy atom. The predicted molar refractivity (Wildman–Crippen MR) is 50.9 cm³/mol. The topological polar surface area (TPSA) is 6.48 Å². The highest BCUT2D eigenvalue weighted by Crippen LogP contribution is 2.35. The molecule has 12 heavy (non-hydrogen) atoms. The predicted octanol–water partition coefficient (Wildman–Crippen LogP) is 1.16. The average Bonchev–Trinajstić information content (AvgIpc) is 2.61. The van der Waals surface area contributed by atoms with Gasteiger partial charge in [0.2, 0.25) is 0 Å². The van der Waals surface area contributed by atoms with Crippen molar-refractivity contribution in [3.05, 3.63) is 12.3 Å². The molecule has 0 amide bonds. The zero-order valence-corrected chi connectivity index (χ0v) is 8.08. The first-order valence-electron chi connectivity index (χ1n) is 4.86. The molecule has 0 saturated carbocycles. The Hall–Kier alpha value is -0.500. The van der Waals surface area contributed by atoms with Crippen molar-refractivity contribution < 1.29 is 0 Å². The summed E-state index contributed by atoms with van der Waals surface area (Å²) in [6, 6.07) is 0. The monoisotopic (exact) mass is 166 g/mol. The van der Waals surface area contributed by atoms with Crippen molar-refractivity contribution in [1.29, 1.82) is 0 Å². The Balaban J connectivity index is 2.02. The second-order valence-electron chi connectivity index (χ2n) is 4.23. The van der Waals surface area contributed by atoms with E-state index in [1.807, 2.05) is 0 Å². The molecule has 2 aliphatic heterocycles. The molecule has 1 spiro atoms. The van der Waals surface area contributed by atoms with Crippen LogP contribution in [0.1, 0.15) is 13.3 Å². The number of rotatable bonds is 1. The number of nitrogens with zero attached hydrogens (tertiary/aromatic N) is 2. The molecule has 0 radical (unpaired) electrons. The van der Waals surface area contributed by atoms with E-state index in [2.05, 4.69) is 36.0 Å². The van der Waals surface area contributed by atoms with Crippen LogP contribution in [0.3, 0.4) is 0 Å². The maximum atomic E-state index is 2.43. The van der Waals surface area contributed by atoms with E-state index in [1.165, 1.54) is 26.1 Å². The summed E-state index contributed by atoms with van der Waals surface area (Å²) in [5.74, 6) is 0. The van der Waals surface area contributed by atoms with Gasteiger partial charge in [-0.1, -0.05) is 6.08 Å². The molecule has 2 heteroatoms. The van der Waals surface area contributed by atoms with Crippen molar-refractivity contribution in [3.8, 4) is 0 Å². The van der Waals surface area contributed by atoms with E-state index >= 15 is 0 Å². The zero-order valence-electron chi connectivity index (χ0n) is 8.08. The Labute approximate surface area is 74.8 Å². The first kappa shape index (κ1) is 8.11. The van der Waals surface area contributed by atoms with Gasteiger partial charge in [0.25, 0.3) is 0 Å². The summed E-state index contributed by atoms with van der Waals surface area (Å²) >= 11 is 0. The minimum atomic E-state index is 0.505. The minimum absolute atomic E-state index is 0.505.